The highest BCUT2D eigenvalue weighted by Crippen LogP contribution is 2.25. The molecule has 1 aliphatic rings. The van der Waals surface area contributed by atoms with Crippen LogP contribution in [0.15, 0.2) is 10.9 Å². The van der Waals surface area contributed by atoms with Gasteiger partial charge in [0.15, 0.2) is 5.79 Å². The van der Waals surface area contributed by atoms with E-state index in [0.29, 0.717) is 17.9 Å². The van der Waals surface area contributed by atoms with Gasteiger partial charge < -0.3 is 19.6 Å². The molecular formula is C10H14BrN3O4. The summed E-state index contributed by atoms with van der Waals surface area (Å²) in [6, 6.07) is 0. The second-order valence-corrected chi connectivity index (χ2v) is 5.27. The lowest BCUT2D eigenvalue weighted by Crippen LogP contribution is -2.22. The zero-order chi connectivity index (χ0) is 13.3. The van der Waals surface area contributed by atoms with Gasteiger partial charge in [0.2, 0.25) is 0 Å². The van der Waals surface area contributed by atoms with Gasteiger partial charge in [-0.2, -0.15) is 0 Å². The minimum absolute atomic E-state index is 0.00774. The Morgan fingerprint density at radius 3 is 2.94 bits per heavy atom. The predicted octanol–water partition coefficient (Wildman–Crippen LogP) is 2.10. The van der Waals surface area contributed by atoms with Crippen LogP contribution < -0.4 is 0 Å². The Morgan fingerprint density at radius 2 is 2.44 bits per heavy atom. The summed E-state index contributed by atoms with van der Waals surface area (Å²) >= 11 is 3.19. The summed E-state index contributed by atoms with van der Waals surface area (Å²) in [4.78, 5) is 13.9. The maximum Gasteiger partial charge on any atom is 0.382 e. The van der Waals surface area contributed by atoms with Crippen molar-refractivity contribution in [1.29, 1.82) is 0 Å². The van der Waals surface area contributed by atoms with Crippen molar-refractivity contribution in [1.82, 2.24) is 9.55 Å². The number of rotatable bonds is 4. The molecule has 1 fully saturated rings. The lowest BCUT2D eigenvalue weighted by atomic mass is 10.2. The highest BCUT2D eigenvalue weighted by Gasteiger charge is 2.32. The van der Waals surface area contributed by atoms with E-state index in [-0.39, 0.29) is 11.9 Å². The van der Waals surface area contributed by atoms with Crippen molar-refractivity contribution < 1.29 is 14.4 Å². The number of nitrogens with zero attached hydrogens (tertiary/aromatic N) is 3. The Hall–Kier alpha value is -0.990. The number of hydrogen-bond donors (Lipinski definition) is 0. The summed E-state index contributed by atoms with van der Waals surface area (Å²) in [5, 5.41) is 10.6. The molecule has 1 aliphatic heterocycles. The van der Waals surface area contributed by atoms with Gasteiger partial charge in [0, 0.05) is 22.5 Å². The van der Waals surface area contributed by atoms with Gasteiger partial charge >= 0.3 is 5.82 Å². The largest absolute Gasteiger partial charge is 0.382 e. The van der Waals surface area contributed by atoms with Crippen molar-refractivity contribution in [2.75, 3.05) is 6.61 Å². The molecule has 8 heteroatoms. The highest BCUT2D eigenvalue weighted by molar-refractivity contribution is 9.10. The molecule has 1 atom stereocenters. The van der Waals surface area contributed by atoms with E-state index in [1.165, 1.54) is 6.20 Å². The number of nitro groups is 1. The predicted molar refractivity (Wildman–Crippen MR) is 66.1 cm³/mol. The molecule has 0 bridgehead atoms. The van der Waals surface area contributed by atoms with Crippen LogP contribution in [0.5, 0.6) is 0 Å². The van der Waals surface area contributed by atoms with Crippen molar-refractivity contribution >= 4 is 21.7 Å². The van der Waals surface area contributed by atoms with Gasteiger partial charge in [-0.3, -0.25) is 4.57 Å². The summed E-state index contributed by atoms with van der Waals surface area (Å²) in [5.74, 6) is -0.700. The zero-order valence-corrected chi connectivity index (χ0v) is 11.7. The third kappa shape index (κ3) is 3.06. The monoisotopic (exact) mass is 319 g/mol. The quantitative estimate of drug-likeness (QED) is 0.627. The second-order valence-electron chi connectivity index (χ2n) is 4.56. The first-order chi connectivity index (χ1) is 8.37. The van der Waals surface area contributed by atoms with E-state index >= 15 is 0 Å². The van der Waals surface area contributed by atoms with E-state index in [1.807, 2.05) is 13.8 Å². The fourth-order valence-electron chi connectivity index (χ4n) is 1.81. The number of halogens is 1. The Balaban J connectivity index is 1.93. The van der Waals surface area contributed by atoms with E-state index in [2.05, 4.69) is 20.9 Å². The fourth-order valence-corrected chi connectivity index (χ4v) is 2.27. The molecule has 2 heterocycles. The van der Waals surface area contributed by atoms with Crippen molar-refractivity contribution in [2.45, 2.75) is 38.7 Å². The van der Waals surface area contributed by atoms with Crippen LogP contribution in [-0.2, 0) is 16.0 Å². The van der Waals surface area contributed by atoms with Crippen LogP contribution in [0.2, 0.25) is 0 Å². The molecule has 1 unspecified atom stereocenters. The minimum Gasteiger partial charge on any atom is -0.358 e. The minimum atomic E-state index is -0.539. The maximum absolute atomic E-state index is 10.6. The Kier molecular flexibility index (Phi) is 3.69. The molecule has 2 rings (SSSR count). The second kappa shape index (κ2) is 4.94. The molecule has 18 heavy (non-hydrogen) atoms. The number of ether oxygens (including phenoxy) is 2. The molecule has 100 valence electrons. The van der Waals surface area contributed by atoms with E-state index < -0.39 is 10.7 Å². The molecule has 0 N–H and O–H groups in total. The van der Waals surface area contributed by atoms with Gasteiger partial charge in [-0.25, -0.2) is 0 Å². The Labute approximate surface area is 112 Å². The van der Waals surface area contributed by atoms with Crippen LogP contribution in [0.25, 0.3) is 0 Å². The number of aromatic nitrogens is 2. The SMILES string of the molecule is CC1(C)OCC(CCn2cc([N+](=O)[O-])nc2Br)O1. The first-order valence-electron chi connectivity index (χ1n) is 5.56. The van der Waals surface area contributed by atoms with Gasteiger partial charge in [0.05, 0.1) is 12.7 Å². The summed E-state index contributed by atoms with van der Waals surface area (Å²) < 4.78 is 13.2. The average molecular weight is 320 g/mol. The zero-order valence-electron chi connectivity index (χ0n) is 10.1. The van der Waals surface area contributed by atoms with Gasteiger partial charge in [-0.05, 0) is 30.2 Å². The van der Waals surface area contributed by atoms with Crippen molar-refractivity contribution in [3.63, 3.8) is 0 Å². The summed E-state index contributed by atoms with van der Waals surface area (Å²) in [7, 11) is 0. The van der Waals surface area contributed by atoms with Crippen molar-refractivity contribution in [3.8, 4) is 0 Å². The Bertz CT molecular complexity index is 460. The highest BCUT2D eigenvalue weighted by atomic mass is 79.9. The lowest BCUT2D eigenvalue weighted by molar-refractivity contribution is -0.389. The molecule has 0 aromatic carbocycles. The topological polar surface area (TPSA) is 79.4 Å². The van der Waals surface area contributed by atoms with Crippen molar-refractivity contribution in [2.24, 2.45) is 0 Å². The molecule has 0 aliphatic carbocycles. The van der Waals surface area contributed by atoms with Crippen LogP contribution in [0.4, 0.5) is 5.82 Å². The van der Waals surface area contributed by atoms with Crippen LogP contribution in [0.1, 0.15) is 20.3 Å². The summed E-state index contributed by atoms with van der Waals surface area (Å²) in [5.41, 5.74) is 0. The smallest absolute Gasteiger partial charge is 0.358 e. The third-order valence-electron chi connectivity index (χ3n) is 2.66. The standard InChI is InChI=1S/C10H14BrN3O4/c1-10(2)17-6-7(18-10)3-4-13-5-8(14(15)16)12-9(13)11/h5,7H,3-4,6H2,1-2H3. The average Bonchev–Trinajstić information content (AvgIpc) is 2.79. The summed E-state index contributed by atoms with van der Waals surface area (Å²) in [6.07, 6.45) is 2.13. The van der Waals surface area contributed by atoms with Gasteiger partial charge in [0.1, 0.15) is 6.20 Å². The van der Waals surface area contributed by atoms with E-state index in [4.69, 9.17) is 9.47 Å². The van der Waals surface area contributed by atoms with E-state index in [9.17, 15) is 10.1 Å². The molecule has 0 spiro atoms. The lowest BCUT2D eigenvalue weighted by Gasteiger charge is -2.17. The molecular weight excluding hydrogens is 306 g/mol. The number of imidazole rings is 1. The third-order valence-corrected chi connectivity index (χ3v) is 3.29. The molecule has 1 aromatic heterocycles. The normalized spacial score (nSPS) is 22.3. The summed E-state index contributed by atoms with van der Waals surface area (Å²) in [6.45, 7) is 4.86. The van der Waals surface area contributed by atoms with Crippen LogP contribution in [-0.4, -0.2) is 33.0 Å². The molecule has 7 nitrogen and oxygen atoms in total. The molecule has 0 saturated carbocycles. The van der Waals surface area contributed by atoms with Gasteiger partial charge in [-0.15, -0.1) is 0 Å². The number of aryl methyl sites for hydroxylation is 1. The van der Waals surface area contributed by atoms with Gasteiger partial charge in [-0.1, -0.05) is 0 Å². The Morgan fingerprint density at radius 1 is 1.72 bits per heavy atom. The maximum atomic E-state index is 10.6. The van der Waals surface area contributed by atoms with Crippen LogP contribution in [0.3, 0.4) is 0 Å². The van der Waals surface area contributed by atoms with E-state index in [1.54, 1.807) is 4.57 Å². The van der Waals surface area contributed by atoms with Crippen LogP contribution in [0, 0.1) is 10.1 Å². The number of hydrogen-bond acceptors (Lipinski definition) is 5. The molecule has 0 amide bonds. The van der Waals surface area contributed by atoms with Crippen molar-refractivity contribution in [3.05, 3.63) is 21.0 Å². The molecule has 1 aromatic rings. The van der Waals surface area contributed by atoms with E-state index in [0.717, 1.165) is 6.42 Å². The fraction of sp³-hybridized carbons (Fsp3) is 0.700. The first kappa shape index (κ1) is 13.4. The molecule has 1 saturated heterocycles. The first-order valence-corrected chi connectivity index (χ1v) is 6.35. The van der Waals surface area contributed by atoms with Gasteiger partial charge in [0.25, 0.3) is 4.73 Å². The molecule has 0 radical (unpaired) electrons. The van der Waals surface area contributed by atoms with Crippen LogP contribution >= 0.6 is 15.9 Å².